The Morgan fingerprint density at radius 1 is 1.25 bits per heavy atom. The second kappa shape index (κ2) is 6.06. The molecule has 0 aliphatic heterocycles. The first-order chi connectivity index (χ1) is 9.49. The van der Waals surface area contributed by atoms with Gasteiger partial charge in [0.2, 0.25) is 0 Å². The maximum absolute atomic E-state index is 13.6. The molecular weight excluding hydrogens is 291 g/mol. The Morgan fingerprint density at radius 2 is 1.95 bits per heavy atom. The van der Waals surface area contributed by atoms with E-state index in [4.69, 9.17) is 5.11 Å². The van der Waals surface area contributed by atoms with E-state index in [1.165, 1.54) is 11.3 Å². The highest BCUT2D eigenvalue weighted by Gasteiger charge is 2.24. The van der Waals surface area contributed by atoms with E-state index < -0.39 is 35.0 Å². The van der Waals surface area contributed by atoms with Crippen molar-refractivity contribution in [3.8, 4) is 0 Å². The molecule has 1 heterocycles. The lowest BCUT2D eigenvalue weighted by molar-refractivity contribution is -0.139. The second-order valence-electron chi connectivity index (χ2n) is 4.02. The van der Waals surface area contributed by atoms with Gasteiger partial charge in [0.1, 0.15) is 11.9 Å². The Balaban J connectivity index is 2.24. The summed E-state index contributed by atoms with van der Waals surface area (Å²) in [6.45, 7) is 0.188. The van der Waals surface area contributed by atoms with E-state index in [0.29, 0.717) is 12.1 Å². The Bertz CT molecular complexity index is 616. The van der Waals surface area contributed by atoms with Gasteiger partial charge in [-0.15, -0.1) is 11.3 Å². The van der Waals surface area contributed by atoms with Gasteiger partial charge in [0.25, 0.3) is 0 Å². The van der Waals surface area contributed by atoms with Crippen molar-refractivity contribution in [2.75, 3.05) is 0 Å². The van der Waals surface area contributed by atoms with Gasteiger partial charge in [0, 0.05) is 23.1 Å². The topological polar surface area (TPSA) is 49.3 Å². The number of hydrogen-bond donors (Lipinski definition) is 2. The molecule has 1 aromatic heterocycles. The first-order valence-corrected chi connectivity index (χ1v) is 6.50. The van der Waals surface area contributed by atoms with Crippen LogP contribution in [0, 0.1) is 17.5 Å². The molecule has 0 amide bonds. The molecule has 2 N–H and O–H groups in total. The molecule has 2 aromatic rings. The fourth-order valence-electron chi connectivity index (χ4n) is 1.71. The zero-order valence-corrected chi connectivity index (χ0v) is 10.9. The number of nitrogens with one attached hydrogen (secondary N) is 1. The van der Waals surface area contributed by atoms with Crippen LogP contribution in [0.15, 0.2) is 29.6 Å². The fourth-order valence-corrected chi connectivity index (χ4v) is 2.36. The van der Waals surface area contributed by atoms with Crippen molar-refractivity contribution in [1.29, 1.82) is 0 Å². The highest BCUT2D eigenvalue weighted by atomic mass is 32.1. The molecule has 1 aromatic carbocycles. The molecule has 0 aliphatic rings. The van der Waals surface area contributed by atoms with Gasteiger partial charge in [-0.2, -0.15) is 0 Å². The van der Waals surface area contributed by atoms with Crippen LogP contribution < -0.4 is 5.32 Å². The van der Waals surface area contributed by atoms with Crippen molar-refractivity contribution < 1.29 is 23.1 Å². The summed E-state index contributed by atoms with van der Waals surface area (Å²) >= 11 is 1.40. The summed E-state index contributed by atoms with van der Waals surface area (Å²) in [5.41, 5.74) is -0.437. The molecule has 20 heavy (non-hydrogen) atoms. The molecule has 2 rings (SSSR count). The van der Waals surface area contributed by atoms with E-state index in [9.17, 15) is 18.0 Å². The molecule has 0 aliphatic carbocycles. The Labute approximate surface area is 116 Å². The number of aliphatic carboxylic acids is 1. The van der Waals surface area contributed by atoms with Crippen LogP contribution >= 0.6 is 11.3 Å². The third-order valence-electron chi connectivity index (χ3n) is 2.66. The van der Waals surface area contributed by atoms with E-state index in [1.807, 2.05) is 5.38 Å². The van der Waals surface area contributed by atoms with Crippen LogP contribution in [0.1, 0.15) is 16.5 Å². The maximum Gasteiger partial charge on any atom is 0.325 e. The Hall–Kier alpha value is -1.86. The molecule has 0 bridgehead atoms. The highest BCUT2D eigenvalue weighted by Crippen LogP contribution is 2.22. The van der Waals surface area contributed by atoms with Crippen LogP contribution in [0.5, 0.6) is 0 Å². The summed E-state index contributed by atoms with van der Waals surface area (Å²) < 4.78 is 39.6. The zero-order chi connectivity index (χ0) is 14.7. The number of benzene rings is 1. The van der Waals surface area contributed by atoms with Gasteiger partial charge in [-0.05, 0) is 17.5 Å². The first kappa shape index (κ1) is 14.5. The second-order valence-corrected chi connectivity index (χ2v) is 5.05. The summed E-state index contributed by atoms with van der Waals surface area (Å²) in [5.74, 6) is -5.11. The van der Waals surface area contributed by atoms with E-state index >= 15 is 0 Å². The van der Waals surface area contributed by atoms with Crippen molar-refractivity contribution in [3.05, 3.63) is 57.5 Å². The lowest BCUT2D eigenvalue weighted by Crippen LogP contribution is -2.29. The number of carboxylic acid groups (broad SMARTS) is 1. The molecule has 7 heteroatoms. The SMILES string of the molecule is O=C(O)C(NCc1cccs1)c1cc(F)c(F)cc1F. The molecule has 0 radical (unpaired) electrons. The first-order valence-electron chi connectivity index (χ1n) is 5.62. The molecular formula is C13H10F3NO2S. The van der Waals surface area contributed by atoms with Crippen molar-refractivity contribution in [2.45, 2.75) is 12.6 Å². The largest absolute Gasteiger partial charge is 0.480 e. The summed E-state index contributed by atoms with van der Waals surface area (Å²) in [6, 6.07) is 3.01. The van der Waals surface area contributed by atoms with Crippen molar-refractivity contribution >= 4 is 17.3 Å². The average Bonchev–Trinajstić information content (AvgIpc) is 2.88. The van der Waals surface area contributed by atoms with Crippen LogP contribution in [0.4, 0.5) is 13.2 Å². The smallest absolute Gasteiger partial charge is 0.325 e. The fraction of sp³-hybridized carbons (Fsp3) is 0.154. The third-order valence-corrected chi connectivity index (χ3v) is 3.53. The Kier molecular flexibility index (Phi) is 4.41. The molecule has 3 nitrogen and oxygen atoms in total. The number of rotatable bonds is 5. The minimum Gasteiger partial charge on any atom is -0.480 e. The van der Waals surface area contributed by atoms with Crippen LogP contribution in [0.2, 0.25) is 0 Å². The van der Waals surface area contributed by atoms with Crippen molar-refractivity contribution in [1.82, 2.24) is 5.32 Å². The van der Waals surface area contributed by atoms with Crippen molar-refractivity contribution in [3.63, 3.8) is 0 Å². The number of thiophene rings is 1. The third kappa shape index (κ3) is 3.17. The molecule has 0 spiro atoms. The van der Waals surface area contributed by atoms with E-state index in [0.717, 1.165) is 4.88 Å². The lowest BCUT2D eigenvalue weighted by Gasteiger charge is -2.15. The van der Waals surface area contributed by atoms with Crippen LogP contribution in [0.25, 0.3) is 0 Å². The van der Waals surface area contributed by atoms with E-state index in [-0.39, 0.29) is 6.54 Å². The van der Waals surface area contributed by atoms with Gasteiger partial charge in [0.05, 0.1) is 0 Å². The van der Waals surface area contributed by atoms with Crippen LogP contribution in [0.3, 0.4) is 0 Å². The molecule has 0 saturated carbocycles. The van der Waals surface area contributed by atoms with Gasteiger partial charge in [-0.3, -0.25) is 10.1 Å². The zero-order valence-electron chi connectivity index (χ0n) is 10.1. The van der Waals surface area contributed by atoms with Crippen LogP contribution in [-0.2, 0) is 11.3 Å². The van der Waals surface area contributed by atoms with Gasteiger partial charge in [-0.25, -0.2) is 13.2 Å². The Morgan fingerprint density at radius 3 is 2.55 bits per heavy atom. The quantitative estimate of drug-likeness (QED) is 0.834. The molecule has 0 saturated heterocycles. The van der Waals surface area contributed by atoms with Gasteiger partial charge < -0.3 is 5.11 Å². The summed E-state index contributed by atoms with van der Waals surface area (Å²) in [6.07, 6.45) is 0. The summed E-state index contributed by atoms with van der Waals surface area (Å²) in [5, 5.41) is 13.5. The molecule has 0 fully saturated rings. The van der Waals surface area contributed by atoms with Gasteiger partial charge in [-0.1, -0.05) is 6.07 Å². The minimum absolute atomic E-state index is 0.188. The predicted octanol–water partition coefficient (Wildman–Crippen LogP) is 3.08. The van der Waals surface area contributed by atoms with Crippen molar-refractivity contribution in [2.24, 2.45) is 0 Å². The average molecular weight is 301 g/mol. The monoisotopic (exact) mass is 301 g/mol. The number of carbonyl (C=O) groups is 1. The van der Waals surface area contributed by atoms with Crippen LogP contribution in [-0.4, -0.2) is 11.1 Å². The standard InChI is InChI=1S/C13H10F3NO2S/c14-9-5-11(16)10(15)4-8(9)12(13(18)19)17-6-7-2-1-3-20-7/h1-5,12,17H,6H2,(H,18,19). The maximum atomic E-state index is 13.6. The lowest BCUT2D eigenvalue weighted by atomic mass is 10.1. The summed E-state index contributed by atoms with van der Waals surface area (Å²) in [4.78, 5) is 12.0. The minimum atomic E-state index is -1.45. The molecule has 1 unspecified atom stereocenters. The highest BCUT2D eigenvalue weighted by molar-refractivity contribution is 7.09. The number of carboxylic acids is 1. The normalized spacial score (nSPS) is 12.3. The number of halogens is 3. The summed E-state index contributed by atoms with van der Waals surface area (Å²) in [7, 11) is 0. The van der Waals surface area contributed by atoms with Gasteiger partial charge in [0.15, 0.2) is 11.6 Å². The predicted molar refractivity (Wildman–Crippen MR) is 67.9 cm³/mol. The van der Waals surface area contributed by atoms with E-state index in [1.54, 1.807) is 12.1 Å². The molecule has 1 atom stereocenters. The molecule has 106 valence electrons. The van der Waals surface area contributed by atoms with E-state index in [2.05, 4.69) is 5.32 Å². The number of hydrogen-bond acceptors (Lipinski definition) is 3. The van der Waals surface area contributed by atoms with Gasteiger partial charge >= 0.3 is 5.97 Å².